The molecule has 6 heteroatoms. The Bertz CT molecular complexity index is 421. The first-order chi connectivity index (χ1) is 9.22. The fourth-order valence-corrected chi connectivity index (χ4v) is 3.17. The van der Waals surface area contributed by atoms with Gasteiger partial charge in [0.05, 0.1) is 5.01 Å². The maximum absolute atomic E-state index is 12.1. The number of piperidine rings is 1. The molecular weight excluding hydrogens is 260 g/mol. The Morgan fingerprint density at radius 2 is 2.53 bits per heavy atom. The van der Waals surface area contributed by atoms with Crippen molar-refractivity contribution >= 4 is 17.2 Å². The lowest BCUT2D eigenvalue weighted by Crippen LogP contribution is -2.47. The summed E-state index contributed by atoms with van der Waals surface area (Å²) in [6, 6.07) is 0.251. The minimum Gasteiger partial charge on any atom is -0.347 e. The highest BCUT2D eigenvalue weighted by Crippen LogP contribution is 2.13. The molecule has 1 aromatic heterocycles. The van der Waals surface area contributed by atoms with Gasteiger partial charge in [-0.3, -0.25) is 4.79 Å². The molecule has 0 aromatic carbocycles. The molecule has 1 aromatic rings. The van der Waals surface area contributed by atoms with Gasteiger partial charge in [-0.2, -0.15) is 0 Å². The average molecular weight is 282 g/mol. The summed E-state index contributed by atoms with van der Waals surface area (Å²) in [5, 5.41) is 5.84. The molecule has 19 heavy (non-hydrogen) atoms. The van der Waals surface area contributed by atoms with Crippen LogP contribution in [-0.2, 0) is 6.42 Å². The quantitative estimate of drug-likeness (QED) is 0.840. The van der Waals surface area contributed by atoms with Gasteiger partial charge >= 0.3 is 0 Å². The summed E-state index contributed by atoms with van der Waals surface area (Å²) in [6.45, 7) is 5.86. The standard InChI is InChI=1S/C13H22N4OS/c1-2-17-7-3-4-10(8-17)15-13(18)11-9-19-12(16-11)5-6-14/h9-10H,2-8,14H2,1H3,(H,15,18). The third-order valence-electron chi connectivity index (χ3n) is 3.43. The Morgan fingerprint density at radius 1 is 1.68 bits per heavy atom. The van der Waals surface area contributed by atoms with Crippen LogP contribution in [0.2, 0.25) is 0 Å². The van der Waals surface area contributed by atoms with Gasteiger partial charge in [-0.25, -0.2) is 4.98 Å². The fraction of sp³-hybridized carbons (Fsp3) is 0.692. The zero-order valence-corrected chi connectivity index (χ0v) is 12.2. The smallest absolute Gasteiger partial charge is 0.271 e. The Kier molecular flexibility index (Phi) is 5.30. The Hall–Kier alpha value is -0.980. The van der Waals surface area contributed by atoms with Crippen molar-refractivity contribution in [3.05, 3.63) is 16.1 Å². The Morgan fingerprint density at radius 3 is 3.26 bits per heavy atom. The molecule has 1 saturated heterocycles. The molecule has 0 spiro atoms. The fourth-order valence-electron chi connectivity index (χ4n) is 2.37. The number of carbonyl (C=O) groups is 1. The lowest BCUT2D eigenvalue weighted by molar-refractivity contribution is 0.0901. The number of carbonyl (C=O) groups excluding carboxylic acids is 1. The zero-order valence-electron chi connectivity index (χ0n) is 11.4. The van der Waals surface area contributed by atoms with Gasteiger partial charge < -0.3 is 16.0 Å². The van der Waals surface area contributed by atoms with Gasteiger partial charge in [0.2, 0.25) is 0 Å². The predicted molar refractivity (Wildman–Crippen MR) is 77.5 cm³/mol. The topological polar surface area (TPSA) is 71.2 Å². The number of likely N-dealkylation sites (N-methyl/N-ethyl adjacent to an activating group) is 1. The van der Waals surface area contributed by atoms with E-state index >= 15 is 0 Å². The van der Waals surface area contributed by atoms with E-state index in [4.69, 9.17) is 5.73 Å². The van der Waals surface area contributed by atoms with Crippen molar-refractivity contribution in [3.63, 3.8) is 0 Å². The second kappa shape index (κ2) is 6.98. The SMILES string of the molecule is CCN1CCCC(NC(=O)c2csc(CCN)n2)C1. The third-order valence-corrected chi connectivity index (χ3v) is 4.34. The van der Waals surface area contributed by atoms with Crippen molar-refractivity contribution in [2.75, 3.05) is 26.2 Å². The number of nitrogens with zero attached hydrogens (tertiary/aromatic N) is 2. The maximum atomic E-state index is 12.1. The number of nitrogens with two attached hydrogens (primary N) is 1. The molecule has 1 amide bonds. The van der Waals surface area contributed by atoms with Gasteiger partial charge in [-0.05, 0) is 32.5 Å². The van der Waals surface area contributed by atoms with Crippen LogP contribution in [0, 0.1) is 0 Å². The van der Waals surface area contributed by atoms with Crippen LogP contribution < -0.4 is 11.1 Å². The first-order valence-corrected chi connectivity index (χ1v) is 7.78. The average Bonchev–Trinajstić information content (AvgIpc) is 2.88. The summed E-state index contributed by atoms with van der Waals surface area (Å²) in [5.41, 5.74) is 6.02. The zero-order chi connectivity index (χ0) is 13.7. The van der Waals surface area contributed by atoms with E-state index in [-0.39, 0.29) is 11.9 Å². The normalized spacial score (nSPS) is 20.4. The first-order valence-electron chi connectivity index (χ1n) is 6.90. The second-order valence-electron chi connectivity index (χ2n) is 4.87. The van der Waals surface area contributed by atoms with E-state index in [1.165, 1.54) is 11.3 Å². The summed E-state index contributed by atoms with van der Waals surface area (Å²) in [7, 11) is 0. The van der Waals surface area contributed by atoms with Gasteiger partial charge in [-0.1, -0.05) is 6.92 Å². The maximum Gasteiger partial charge on any atom is 0.271 e. The molecule has 2 rings (SSSR count). The number of hydrogen-bond donors (Lipinski definition) is 2. The molecule has 3 N–H and O–H groups in total. The summed E-state index contributed by atoms with van der Waals surface area (Å²) in [5.74, 6) is -0.0533. The van der Waals surface area contributed by atoms with E-state index in [0.717, 1.165) is 43.9 Å². The lowest BCUT2D eigenvalue weighted by Gasteiger charge is -2.32. The van der Waals surface area contributed by atoms with Crippen LogP contribution in [0.5, 0.6) is 0 Å². The third kappa shape index (κ3) is 3.99. The van der Waals surface area contributed by atoms with Crippen LogP contribution in [0.25, 0.3) is 0 Å². The van der Waals surface area contributed by atoms with Gasteiger partial charge in [0.25, 0.3) is 5.91 Å². The van der Waals surface area contributed by atoms with Crippen molar-refractivity contribution < 1.29 is 4.79 Å². The number of aromatic nitrogens is 1. The van der Waals surface area contributed by atoms with Gasteiger partial charge in [0, 0.05) is 24.4 Å². The molecule has 1 aliphatic heterocycles. The highest BCUT2D eigenvalue weighted by molar-refractivity contribution is 7.09. The molecule has 5 nitrogen and oxygen atoms in total. The van der Waals surface area contributed by atoms with E-state index < -0.39 is 0 Å². The molecule has 1 aliphatic rings. The molecular formula is C13H22N4OS. The number of amides is 1. The molecule has 1 atom stereocenters. The van der Waals surface area contributed by atoms with Crippen LogP contribution in [0.15, 0.2) is 5.38 Å². The lowest BCUT2D eigenvalue weighted by atomic mass is 10.1. The minimum atomic E-state index is -0.0533. The van der Waals surface area contributed by atoms with E-state index in [1.807, 2.05) is 5.38 Å². The van der Waals surface area contributed by atoms with Crippen LogP contribution in [0.3, 0.4) is 0 Å². The van der Waals surface area contributed by atoms with Crippen LogP contribution in [0.1, 0.15) is 35.3 Å². The van der Waals surface area contributed by atoms with E-state index in [1.54, 1.807) is 0 Å². The number of nitrogens with one attached hydrogen (secondary N) is 1. The molecule has 1 unspecified atom stereocenters. The van der Waals surface area contributed by atoms with Crippen molar-refractivity contribution in [2.24, 2.45) is 5.73 Å². The summed E-state index contributed by atoms with van der Waals surface area (Å²) in [6.07, 6.45) is 2.95. The monoisotopic (exact) mass is 282 g/mol. The van der Waals surface area contributed by atoms with Crippen LogP contribution in [0.4, 0.5) is 0 Å². The van der Waals surface area contributed by atoms with Crippen molar-refractivity contribution in [1.29, 1.82) is 0 Å². The number of thiazole rings is 1. The molecule has 0 saturated carbocycles. The molecule has 2 heterocycles. The number of rotatable bonds is 5. The summed E-state index contributed by atoms with van der Waals surface area (Å²) in [4.78, 5) is 18.8. The van der Waals surface area contributed by atoms with Gasteiger partial charge in [-0.15, -0.1) is 11.3 Å². The number of likely N-dealkylation sites (tertiary alicyclic amines) is 1. The van der Waals surface area contributed by atoms with Crippen LogP contribution in [-0.4, -0.2) is 48.0 Å². The molecule has 1 fully saturated rings. The summed E-state index contributed by atoms with van der Waals surface area (Å²) < 4.78 is 0. The van der Waals surface area contributed by atoms with Crippen molar-refractivity contribution in [3.8, 4) is 0 Å². The molecule has 106 valence electrons. The van der Waals surface area contributed by atoms with Crippen LogP contribution >= 0.6 is 11.3 Å². The molecule has 0 radical (unpaired) electrons. The summed E-state index contributed by atoms with van der Waals surface area (Å²) >= 11 is 1.51. The molecule has 0 aliphatic carbocycles. The van der Waals surface area contributed by atoms with E-state index in [9.17, 15) is 4.79 Å². The minimum absolute atomic E-state index is 0.0533. The van der Waals surface area contributed by atoms with Crippen molar-refractivity contribution in [2.45, 2.75) is 32.2 Å². The highest BCUT2D eigenvalue weighted by atomic mass is 32.1. The van der Waals surface area contributed by atoms with Gasteiger partial charge in [0.1, 0.15) is 5.69 Å². The second-order valence-corrected chi connectivity index (χ2v) is 5.81. The van der Waals surface area contributed by atoms with E-state index in [2.05, 4.69) is 22.1 Å². The van der Waals surface area contributed by atoms with Crippen molar-refractivity contribution in [1.82, 2.24) is 15.2 Å². The Balaban J connectivity index is 1.88. The highest BCUT2D eigenvalue weighted by Gasteiger charge is 2.21. The Labute approximate surface area is 118 Å². The molecule has 0 bridgehead atoms. The largest absolute Gasteiger partial charge is 0.347 e. The first kappa shape index (κ1) is 14.4. The van der Waals surface area contributed by atoms with Gasteiger partial charge in [0.15, 0.2) is 0 Å². The van der Waals surface area contributed by atoms with E-state index in [0.29, 0.717) is 12.2 Å². The number of hydrogen-bond acceptors (Lipinski definition) is 5. The predicted octanol–water partition coefficient (Wildman–Crippen LogP) is 0.858.